The van der Waals surface area contributed by atoms with Gasteiger partial charge < -0.3 is 15.1 Å². The van der Waals surface area contributed by atoms with Crippen LogP contribution < -0.4 is 10.2 Å². The van der Waals surface area contributed by atoms with E-state index in [1.165, 1.54) is 5.75 Å². The molecule has 0 spiro atoms. The van der Waals surface area contributed by atoms with E-state index < -0.39 is 0 Å². The Morgan fingerprint density at radius 1 is 1.19 bits per heavy atom. The van der Waals surface area contributed by atoms with Crippen molar-refractivity contribution in [3.8, 4) is 0 Å². The highest BCUT2D eigenvalue weighted by molar-refractivity contribution is 8.00. The molecule has 2 fully saturated rings. The van der Waals surface area contributed by atoms with Gasteiger partial charge in [-0.05, 0) is 26.8 Å². The van der Waals surface area contributed by atoms with Gasteiger partial charge in [0, 0.05) is 75.3 Å². The fraction of sp³-hybridized carbons (Fsp3) is 0.737. The Kier molecular flexibility index (Phi) is 7.18. The first-order valence-corrected chi connectivity index (χ1v) is 11.0. The molecule has 3 rings (SSSR count). The molecule has 2 aliphatic rings. The van der Waals surface area contributed by atoms with E-state index in [-0.39, 0.29) is 0 Å². The van der Waals surface area contributed by atoms with Crippen molar-refractivity contribution >= 4 is 23.7 Å². The van der Waals surface area contributed by atoms with Crippen LogP contribution in [0.25, 0.3) is 0 Å². The second kappa shape index (κ2) is 9.59. The highest BCUT2D eigenvalue weighted by Gasteiger charge is 2.28. The van der Waals surface area contributed by atoms with Gasteiger partial charge in [0.25, 0.3) is 0 Å². The van der Waals surface area contributed by atoms with Crippen LogP contribution in [0.3, 0.4) is 0 Å². The molecule has 8 heteroatoms. The lowest BCUT2D eigenvalue weighted by Gasteiger charge is -2.39. The van der Waals surface area contributed by atoms with E-state index in [1.807, 2.05) is 18.5 Å². The maximum absolute atomic E-state index is 4.92. The van der Waals surface area contributed by atoms with Crippen LogP contribution in [0.2, 0.25) is 0 Å². The summed E-state index contributed by atoms with van der Waals surface area (Å²) >= 11 is 2.06. The van der Waals surface area contributed by atoms with E-state index in [9.17, 15) is 0 Å². The van der Waals surface area contributed by atoms with Crippen molar-refractivity contribution in [3.63, 3.8) is 0 Å². The predicted octanol–water partition coefficient (Wildman–Crippen LogP) is 1.39. The Morgan fingerprint density at radius 3 is 2.59 bits per heavy atom. The number of piperazine rings is 1. The fourth-order valence-electron chi connectivity index (χ4n) is 3.55. The van der Waals surface area contributed by atoms with Gasteiger partial charge in [0.2, 0.25) is 5.95 Å². The largest absolute Gasteiger partial charge is 0.357 e. The Bertz CT molecular complexity index is 599. The monoisotopic (exact) mass is 391 g/mol. The lowest BCUT2D eigenvalue weighted by atomic mass is 10.2. The molecule has 0 aromatic carbocycles. The standard InChI is InChI=1S/C19H33N7S/c1-4-20-17(26-14-15-27-19(2,3)16-26)23-8-9-24-10-12-25(13-11-24)18-21-6-5-7-22-18/h5-7H,4,8-16H2,1-3H3,(H,20,23). The van der Waals surface area contributed by atoms with Gasteiger partial charge in [0.1, 0.15) is 0 Å². The number of aliphatic imine (C=N–C) groups is 1. The lowest BCUT2D eigenvalue weighted by molar-refractivity contribution is 0.263. The number of thioether (sulfide) groups is 1. The summed E-state index contributed by atoms with van der Waals surface area (Å²) in [7, 11) is 0. The summed E-state index contributed by atoms with van der Waals surface area (Å²) in [6.45, 7) is 15.7. The summed E-state index contributed by atoms with van der Waals surface area (Å²) in [6, 6.07) is 1.86. The molecule has 2 aliphatic heterocycles. The molecule has 0 amide bonds. The Balaban J connectivity index is 1.47. The van der Waals surface area contributed by atoms with Crippen LogP contribution in [-0.4, -0.2) is 95.1 Å². The number of hydrogen-bond donors (Lipinski definition) is 1. The SMILES string of the molecule is CCNC(=NCCN1CCN(c2ncccn2)CC1)N1CCSC(C)(C)C1. The number of anilines is 1. The minimum Gasteiger partial charge on any atom is -0.357 e. The van der Waals surface area contributed by atoms with Crippen LogP contribution in [0, 0.1) is 0 Å². The molecular formula is C19H33N7S. The summed E-state index contributed by atoms with van der Waals surface area (Å²) in [5.41, 5.74) is 0. The van der Waals surface area contributed by atoms with Gasteiger partial charge >= 0.3 is 0 Å². The summed E-state index contributed by atoms with van der Waals surface area (Å²) in [6.07, 6.45) is 3.62. The zero-order valence-corrected chi connectivity index (χ0v) is 17.7. The van der Waals surface area contributed by atoms with Crippen molar-refractivity contribution in [1.82, 2.24) is 25.1 Å². The number of aromatic nitrogens is 2. The first-order valence-electron chi connectivity index (χ1n) is 9.99. The van der Waals surface area contributed by atoms with E-state index in [0.717, 1.165) is 70.8 Å². The van der Waals surface area contributed by atoms with Gasteiger partial charge in [0.05, 0.1) is 6.54 Å². The minimum absolute atomic E-state index is 0.296. The summed E-state index contributed by atoms with van der Waals surface area (Å²) < 4.78 is 0.296. The zero-order valence-electron chi connectivity index (χ0n) is 16.9. The van der Waals surface area contributed by atoms with Gasteiger partial charge in [0.15, 0.2) is 5.96 Å². The molecule has 1 N–H and O–H groups in total. The second-order valence-electron chi connectivity index (χ2n) is 7.64. The molecule has 2 saturated heterocycles. The first kappa shape index (κ1) is 20.2. The number of hydrogen-bond acceptors (Lipinski definition) is 6. The summed E-state index contributed by atoms with van der Waals surface area (Å²) in [5.74, 6) is 3.08. The van der Waals surface area contributed by atoms with Crippen molar-refractivity contribution in [2.24, 2.45) is 4.99 Å². The average molecular weight is 392 g/mol. The molecule has 0 saturated carbocycles. The van der Waals surface area contributed by atoms with Crippen LogP contribution in [0.5, 0.6) is 0 Å². The smallest absolute Gasteiger partial charge is 0.225 e. The van der Waals surface area contributed by atoms with E-state index in [1.54, 1.807) is 0 Å². The summed E-state index contributed by atoms with van der Waals surface area (Å²) in [4.78, 5) is 20.8. The minimum atomic E-state index is 0.296. The van der Waals surface area contributed by atoms with E-state index in [4.69, 9.17) is 4.99 Å². The third-order valence-corrected chi connectivity index (χ3v) is 6.24. The van der Waals surface area contributed by atoms with Crippen molar-refractivity contribution in [1.29, 1.82) is 0 Å². The average Bonchev–Trinajstić information content (AvgIpc) is 2.68. The third kappa shape index (κ3) is 5.97. The van der Waals surface area contributed by atoms with Crippen molar-refractivity contribution in [3.05, 3.63) is 18.5 Å². The van der Waals surface area contributed by atoms with E-state index in [2.05, 4.69) is 62.5 Å². The van der Waals surface area contributed by atoms with Crippen LogP contribution >= 0.6 is 11.8 Å². The Labute approximate surface area is 167 Å². The van der Waals surface area contributed by atoms with Gasteiger partial charge in [-0.25, -0.2) is 9.97 Å². The zero-order chi connectivity index (χ0) is 19.1. The Morgan fingerprint density at radius 2 is 1.93 bits per heavy atom. The van der Waals surface area contributed by atoms with Gasteiger partial charge in [-0.15, -0.1) is 0 Å². The van der Waals surface area contributed by atoms with Crippen LogP contribution in [-0.2, 0) is 0 Å². The van der Waals surface area contributed by atoms with E-state index >= 15 is 0 Å². The molecule has 0 radical (unpaired) electrons. The maximum Gasteiger partial charge on any atom is 0.225 e. The molecular weight excluding hydrogens is 358 g/mol. The van der Waals surface area contributed by atoms with Crippen LogP contribution in [0.1, 0.15) is 20.8 Å². The topological polar surface area (TPSA) is 59.9 Å². The Hall–Kier alpha value is -1.54. The first-order chi connectivity index (χ1) is 13.1. The summed E-state index contributed by atoms with van der Waals surface area (Å²) in [5, 5.41) is 3.48. The van der Waals surface area contributed by atoms with Crippen LogP contribution in [0.4, 0.5) is 5.95 Å². The van der Waals surface area contributed by atoms with Crippen molar-refractivity contribution in [2.75, 3.05) is 69.6 Å². The van der Waals surface area contributed by atoms with Gasteiger partial charge in [-0.1, -0.05) is 0 Å². The molecule has 0 aliphatic carbocycles. The van der Waals surface area contributed by atoms with Crippen molar-refractivity contribution < 1.29 is 0 Å². The number of guanidine groups is 1. The molecule has 3 heterocycles. The fourth-order valence-corrected chi connectivity index (χ4v) is 4.66. The quantitative estimate of drug-likeness (QED) is 0.601. The lowest BCUT2D eigenvalue weighted by Crippen LogP contribution is -2.51. The molecule has 0 unspecified atom stereocenters. The molecule has 7 nitrogen and oxygen atoms in total. The number of nitrogens with zero attached hydrogens (tertiary/aromatic N) is 6. The second-order valence-corrected chi connectivity index (χ2v) is 9.44. The highest BCUT2D eigenvalue weighted by atomic mass is 32.2. The van der Waals surface area contributed by atoms with Crippen LogP contribution in [0.15, 0.2) is 23.5 Å². The maximum atomic E-state index is 4.92. The molecule has 0 atom stereocenters. The number of nitrogens with one attached hydrogen (secondary N) is 1. The van der Waals surface area contributed by atoms with E-state index in [0.29, 0.717) is 4.75 Å². The molecule has 1 aromatic rings. The molecule has 150 valence electrons. The van der Waals surface area contributed by atoms with Crippen molar-refractivity contribution in [2.45, 2.75) is 25.5 Å². The normalized spacial score (nSPS) is 21.4. The van der Waals surface area contributed by atoms with Gasteiger partial charge in [-0.3, -0.25) is 9.89 Å². The highest BCUT2D eigenvalue weighted by Crippen LogP contribution is 2.29. The molecule has 1 aromatic heterocycles. The molecule has 0 bridgehead atoms. The predicted molar refractivity (Wildman–Crippen MR) is 115 cm³/mol. The van der Waals surface area contributed by atoms with Gasteiger partial charge in [-0.2, -0.15) is 11.8 Å². The third-order valence-electron chi connectivity index (χ3n) is 4.95. The molecule has 27 heavy (non-hydrogen) atoms. The number of rotatable bonds is 5.